The van der Waals surface area contributed by atoms with E-state index in [1.165, 1.54) is 23.3 Å². The van der Waals surface area contributed by atoms with Crippen LogP contribution in [-0.2, 0) is 6.42 Å². The third kappa shape index (κ3) is 2.49. The van der Waals surface area contributed by atoms with E-state index in [9.17, 15) is 4.39 Å². The molecule has 0 radical (unpaired) electrons. The lowest BCUT2D eigenvalue weighted by Gasteiger charge is -2.28. The van der Waals surface area contributed by atoms with E-state index in [2.05, 4.69) is 24.0 Å². The standard InChI is InChI=1S/C17H18FN3/c1-2-12-6-3-4-9-15(12)16-11-20-17(19)21(16)14-8-5-7-13(18)10-14/h3-10,16H,2,11H2,1H3,(H2,19,20). The van der Waals surface area contributed by atoms with Gasteiger partial charge in [0.1, 0.15) is 5.82 Å². The predicted octanol–water partition coefficient (Wildman–Crippen LogP) is 3.26. The van der Waals surface area contributed by atoms with Gasteiger partial charge in [0.15, 0.2) is 5.96 Å². The number of aryl methyl sites for hydroxylation is 1. The monoisotopic (exact) mass is 283 g/mol. The molecule has 1 heterocycles. The van der Waals surface area contributed by atoms with Crippen molar-refractivity contribution in [3.05, 3.63) is 65.5 Å². The number of aliphatic imine (C=N–C) groups is 1. The highest BCUT2D eigenvalue weighted by Crippen LogP contribution is 2.33. The van der Waals surface area contributed by atoms with Crippen molar-refractivity contribution in [2.24, 2.45) is 10.7 Å². The van der Waals surface area contributed by atoms with E-state index < -0.39 is 0 Å². The Morgan fingerprint density at radius 2 is 2.05 bits per heavy atom. The Hall–Kier alpha value is -2.36. The van der Waals surface area contributed by atoms with Crippen LogP contribution in [0, 0.1) is 5.82 Å². The van der Waals surface area contributed by atoms with Crippen molar-refractivity contribution in [2.45, 2.75) is 19.4 Å². The van der Waals surface area contributed by atoms with Crippen LogP contribution in [0.25, 0.3) is 0 Å². The molecule has 2 aromatic rings. The average Bonchev–Trinajstić information content (AvgIpc) is 2.88. The van der Waals surface area contributed by atoms with Gasteiger partial charge < -0.3 is 10.6 Å². The molecule has 0 amide bonds. The maximum Gasteiger partial charge on any atom is 0.196 e. The van der Waals surface area contributed by atoms with Crippen molar-refractivity contribution in [3.63, 3.8) is 0 Å². The van der Waals surface area contributed by atoms with Crippen LogP contribution in [0.15, 0.2) is 53.5 Å². The smallest absolute Gasteiger partial charge is 0.196 e. The first kappa shape index (κ1) is 13.6. The fourth-order valence-corrected chi connectivity index (χ4v) is 2.85. The molecule has 1 atom stereocenters. The highest BCUT2D eigenvalue weighted by Gasteiger charge is 2.30. The Labute approximate surface area is 123 Å². The maximum absolute atomic E-state index is 13.5. The Bertz CT molecular complexity index is 681. The summed E-state index contributed by atoms with van der Waals surface area (Å²) in [7, 11) is 0. The Morgan fingerprint density at radius 1 is 1.24 bits per heavy atom. The zero-order valence-corrected chi connectivity index (χ0v) is 12.0. The molecular formula is C17H18FN3. The fourth-order valence-electron chi connectivity index (χ4n) is 2.85. The minimum Gasteiger partial charge on any atom is -0.369 e. The predicted molar refractivity (Wildman–Crippen MR) is 83.9 cm³/mol. The molecule has 4 heteroatoms. The van der Waals surface area contributed by atoms with Crippen LogP contribution >= 0.6 is 0 Å². The van der Waals surface area contributed by atoms with Crippen LogP contribution in [0.3, 0.4) is 0 Å². The summed E-state index contributed by atoms with van der Waals surface area (Å²) in [4.78, 5) is 6.27. The fraction of sp³-hybridized carbons (Fsp3) is 0.235. The van der Waals surface area contributed by atoms with Crippen molar-refractivity contribution < 1.29 is 4.39 Å². The van der Waals surface area contributed by atoms with Crippen LogP contribution in [0.1, 0.15) is 24.1 Å². The summed E-state index contributed by atoms with van der Waals surface area (Å²) >= 11 is 0. The first-order valence-electron chi connectivity index (χ1n) is 7.13. The summed E-state index contributed by atoms with van der Waals surface area (Å²) in [6.45, 7) is 2.73. The number of rotatable bonds is 3. The van der Waals surface area contributed by atoms with Gasteiger partial charge in [-0.3, -0.25) is 4.99 Å². The van der Waals surface area contributed by atoms with Gasteiger partial charge in [0.05, 0.1) is 12.6 Å². The van der Waals surface area contributed by atoms with E-state index >= 15 is 0 Å². The van der Waals surface area contributed by atoms with Crippen LogP contribution in [0.2, 0.25) is 0 Å². The van der Waals surface area contributed by atoms with Crippen LogP contribution in [-0.4, -0.2) is 12.5 Å². The summed E-state index contributed by atoms with van der Waals surface area (Å²) < 4.78 is 13.5. The quantitative estimate of drug-likeness (QED) is 0.939. The van der Waals surface area contributed by atoms with Gasteiger partial charge in [0.25, 0.3) is 0 Å². The molecule has 1 aliphatic rings. The van der Waals surface area contributed by atoms with Gasteiger partial charge >= 0.3 is 0 Å². The van der Waals surface area contributed by atoms with Crippen LogP contribution < -0.4 is 10.6 Å². The molecular weight excluding hydrogens is 265 g/mol. The largest absolute Gasteiger partial charge is 0.369 e. The summed E-state index contributed by atoms with van der Waals surface area (Å²) in [6, 6.07) is 14.8. The third-order valence-corrected chi connectivity index (χ3v) is 3.87. The zero-order chi connectivity index (χ0) is 14.8. The Morgan fingerprint density at radius 3 is 2.81 bits per heavy atom. The van der Waals surface area contributed by atoms with E-state index in [0.717, 1.165) is 12.1 Å². The number of hydrogen-bond donors (Lipinski definition) is 1. The molecule has 3 rings (SSSR count). The minimum absolute atomic E-state index is 0.0305. The van der Waals surface area contributed by atoms with Gasteiger partial charge in [-0.25, -0.2) is 4.39 Å². The molecule has 3 nitrogen and oxygen atoms in total. The number of anilines is 1. The highest BCUT2D eigenvalue weighted by atomic mass is 19.1. The maximum atomic E-state index is 13.5. The molecule has 2 aromatic carbocycles. The van der Waals surface area contributed by atoms with E-state index in [1.807, 2.05) is 23.1 Å². The second-order valence-corrected chi connectivity index (χ2v) is 5.12. The number of halogens is 1. The molecule has 1 aliphatic heterocycles. The Kier molecular flexibility index (Phi) is 3.60. The van der Waals surface area contributed by atoms with Crippen molar-refractivity contribution >= 4 is 11.6 Å². The summed E-state index contributed by atoms with van der Waals surface area (Å²) in [6.07, 6.45) is 0.948. The normalized spacial score (nSPS) is 17.9. The number of benzene rings is 2. The van der Waals surface area contributed by atoms with Gasteiger partial charge in [0, 0.05) is 5.69 Å². The third-order valence-electron chi connectivity index (χ3n) is 3.87. The molecule has 0 saturated heterocycles. The molecule has 0 bridgehead atoms. The van der Waals surface area contributed by atoms with Crippen LogP contribution in [0.5, 0.6) is 0 Å². The van der Waals surface area contributed by atoms with E-state index in [-0.39, 0.29) is 11.9 Å². The molecule has 0 spiro atoms. The summed E-state index contributed by atoms with van der Waals surface area (Å²) in [5.41, 5.74) is 9.25. The van der Waals surface area contributed by atoms with E-state index in [0.29, 0.717) is 12.5 Å². The lowest BCUT2D eigenvalue weighted by atomic mass is 9.97. The van der Waals surface area contributed by atoms with Gasteiger partial charge in [-0.05, 0) is 35.7 Å². The van der Waals surface area contributed by atoms with Gasteiger partial charge in [-0.2, -0.15) is 0 Å². The van der Waals surface area contributed by atoms with Gasteiger partial charge in [-0.15, -0.1) is 0 Å². The zero-order valence-electron chi connectivity index (χ0n) is 12.0. The Balaban J connectivity index is 2.03. The molecule has 108 valence electrons. The number of nitrogens with two attached hydrogens (primary N) is 1. The van der Waals surface area contributed by atoms with Crippen LogP contribution in [0.4, 0.5) is 10.1 Å². The molecule has 1 unspecified atom stereocenters. The minimum atomic E-state index is -0.269. The number of hydrogen-bond acceptors (Lipinski definition) is 3. The molecule has 0 saturated carbocycles. The first-order chi connectivity index (χ1) is 10.2. The first-order valence-corrected chi connectivity index (χ1v) is 7.13. The molecule has 0 aliphatic carbocycles. The SMILES string of the molecule is CCc1ccccc1C1CN=C(N)N1c1cccc(F)c1. The molecule has 0 aromatic heterocycles. The topological polar surface area (TPSA) is 41.6 Å². The number of nitrogens with zero attached hydrogens (tertiary/aromatic N) is 2. The average molecular weight is 283 g/mol. The van der Waals surface area contributed by atoms with Gasteiger partial charge in [-0.1, -0.05) is 37.3 Å². The number of guanidine groups is 1. The summed E-state index contributed by atoms with van der Waals surface area (Å²) in [5.74, 6) is 0.172. The van der Waals surface area contributed by atoms with Crippen molar-refractivity contribution in [1.82, 2.24) is 0 Å². The summed E-state index contributed by atoms with van der Waals surface area (Å²) in [5, 5.41) is 0. The molecule has 21 heavy (non-hydrogen) atoms. The van der Waals surface area contributed by atoms with E-state index in [1.54, 1.807) is 6.07 Å². The molecule has 2 N–H and O–H groups in total. The van der Waals surface area contributed by atoms with Crippen molar-refractivity contribution in [1.29, 1.82) is 0 Å². The lowest BCUT2D eigenvalue weighted by molar-refractivity contribution is 0.626. The second-order valence-electron chi connectivity index (χ2n) is 5.12. The van der Waals surface area contributed by atoms with Gasteiger partial charge in [0.2, 0.25) is 0 Å². The van der Waals surface area contributed by atoms with Crippen molar-refractivity contribution in [3.8, 4) is 0 Å². The molecule has 0 fully saturated rings. The van der Waals surface area contributed by atoms with Crippen molar-refractivity contribution in [2.75, 3.05) is 11.4 Å². The lowest BCUT2D eigenvalue weighted by Crippen LogP contribution is -2.36. The van der Waals surface area contributed by atoms with E-state index in [4.69, 9.17) is 5.73 Å². The second kappa shape index (κ2) is 5.56. The highest BCUT2D eigenvalue weighted by molar-refractivity contribution is 5.97.